The first-order chi connectivity index (χ1) is 31.1. The number of pyridine rings is 1. The number of para-hydroxylation sites is 1. The third-order valence-corrected chi connectivity index (χ3v) is 11.7. The number of nitrogens with one attached hydrogen (secondary N) is 2. The fourth-order valence-corrected chi connectivity index (χ4v) is 8.17. The normalized spacial score (nSPS) is 18.5. The first-order valence-corrected chi connectivity index (χ1v) is 21.3. The summed E-state index contributed by atoms with van der Waals surface area (Å²) in [5.74, 6) is -7.37. The van der Waals surface area contributed by atoms with Gasteiger partial charge in [-0.15, -0.1) is 0 Å². The quantitative estimate of drug-likeness (QED) is 0.166. The second-order valence-electron chi connectivity index (χ2n) is 16.4. The predicted molar refractivity (Wildman–Crippen MR) is 229 cm³/mol. The minimum atomic E-state index is -3.19. The molecule has 4 N–H and O–H groups in total. The molecule has 1 atom stereocenters. The number of rotatable bonds is 15. The molecule has 21 heteroatoms. The highest BCUT2D eigenvalue weighted by Gasteiger charge is 2.47. The zero-order valence-corrected chi connectivity index (χ0v) is 35.8. The SMILES string of the molecule is N#C[C@@H]1CC(F)(F)CN1C(=O)CNC(=O)c1ccnc2c(NC(=O)CCC(=O)N3CCN(C(=O)Cc4ccc(CN5CCN(CC(=O)O)CCN(CC(=O)O)CC5)cc4)CC3)cccc12. The first kappa shape index (κ1) is 47.8. The summed E-state index contributed by atoms with van der Waals surface area (Å²) in [6, 6.07) is 14.3. The second kappa shape index (κ2) is 21.8. The van der Waals surface area contributed by atoms with Crippen LogP contribution in [0.3, 0.4) is 0 Å². The van der Waals surface area contributed by atoms with E-state index < -0.39 is 61.1 Å². The third kappa shape index (κ3) is 13.4. The molecule has 0 unspecified atom stereocenters. The number of hydrogen-bond donors (Lipinski definition) is 4. The molecule has 1 aromatic heterocycles. The van der Waals surface area contributed by atoms with Gasteiger partial charge in [-0.3, -0.25) is 53.2 Å². The van der Waals surface area contributed by atoms with Crippen LogP contribution in [-0.2, 0) is 41.7 Å². The van der Waals surface area contributed by atoms with Crippen molar-refractivity contribution in [3.63, 3.8) is 0 Å². The Morgan fingerprint density at radius 1 is 0.738 bits per heavy atom. The van der Waals surface area contributed by atoms with Crippen LogP contribution in [-0.4, -0.2) is 190 Å². The Labute approximate surface area is 373 Å². The summed E-state index contributed by atoms with van der Waals surface area (Å²) in [5, 5.41) is 33.4. The van der Waals surface area contributed by atoms with Crippen LogP contribution < -0.4 is 10.6 Å². The summed E-state index contributed by atoms with van der Waals surface area (Å²) < 4.78 is 27.6. The molecule has 6 rings (SSSR count). The van der Waals surface area contributed by atoms with E-state index in [0.717, 1.165) is 16.0 Å². The molecule has 0 spiro atoms. The average molecular weight is 903 g/mol. The second-order valence-corrected chi connectivity index (χ2v) is 16.4. The molecular formula is C44H52F2N10O9. The van der Waals surface area contributed by atoms with Gasteiger partial charge in [-0.05, 0) is 23.3 Å². The third-order valence-electron chi connectivity index (χ3n) is 11.7. The molecule has 0 aliphatic carbocycles. The number of aromatic nitrogens is 1. The smallest absolute Gasteiger partial charge is 0.317 e. The van der Waals surface area contributed by atoms with Gasteiger partial charge < -0.3 is 35.5 Å². The Bertz CT molecular complexity index is 2270. The van der Waals surface area contributed by atoms with Crippen molar-refractivity contribution in [2.45, 2.75) is 44.2 Å². The number of carbonyl (C=O) groups excluding carboxylic acids is 5. The van der Waals surface area contributed by atoms with Crippen LogP contribution in [0.25, 0.3) is 10.9 Å². The monoisotopic (exact) mass is 902 g/mol. The number of halogens is 2. The number of alkyl halides is 2. The van der Waals surface area contributed by atoms with E-state index in [4.69, 9.17) is 0 Å². The number of fused-ring (bicyclic) bond motifs is 1. The van der Waals surface area contributed by atoms with Gasteiger partial charge in [0.2, 0.25) is 23.6 Å². The topological polar surface area (TPSA) is 240 Å². The number of likely N-dealkylation sites (tertiary alicyclic amines) is 1. The number of carboxylic acid groups (broad SMARTS) is 2. The number of carboxylic acids is 2. The van der Waals surface area contributed by atoms with Gasteiger partial charge in [0.1, 0.15) is 6.04 Å². The summed E-state index contributed by atoms with van der Waals surface area (Å²) in [4.78, 5) is 102. The van der Waals surface area contributed by atoms with E-state index in [0.29, 0.717) is 77.4 Å². The standard InChI is InChI=1S/C44H52F2N10O9/c45-44(46)23-32(24-47)56(29-44)39(60)25-49-43(65)34-10-11-48-42-33(34)2-1-3-35(42)50-36(57)8-9-37(58)54-18-20-55(21-19-54)38(59)22-30-4-6-31(7-5-30)26-51-12-14-52(27-40(61)62)16-17-53(15-13-51)28-41(63)64/h1-7,10-11,32H,8-9,12-23,25-29H2,(H,49,65)(H,50,57)(H,61,62)(H,63,64)/t32-/m0/s1. The summed E-state index contributed by atoms with van der Waals surface area (Å²) >= 11 is 0. The molecule has 3 aromatic rings. The lowest BCUT2D eigenvalue weighted by Crippen LogP contribution is -2.51. The number of anilines is 1. The van der Waals surface area contributed by atoms with E-state index in [9.17, 15) is 57.8 Å². The Morgan fingerprint density at radius 2 is 1.32 bits per heavy atom. The van der Waals surface area contributed by atoms with Gasteiger partial charge in [-0.2, -0.15) is 5.26 Å². The molecule has 19 nitrogen and oxygen atoms in total. The maximum atomic E-state index is 13.8. The number of carbonyl (C=O) groups is 7. The number of hydrogen-bond acceptors (Lipinski definition) is 12. The zero-order valence-electron chi connectivity index (χ0n) is 35.8. The first-order valence-electron chi connectivity index (χ1n) is 21.3. The number of nitriles is 1. The van der Waals surface area contributed by atoms with E-state index in [1.165, 1.54) is 12.3 Å². The van der Waals surface area contributed by atoms with Crippen molar-refractivity contribution in [1.82, 2.24) is 39.7 Å². The molecule has 0 radical (unpaired) electrons. The summed E-state index contributed by atoms with van der Waals surface area (Å²) in [5.41, 5.74) is 2.49. The minimum absolute atomic E-state index is 0.0812. The Hall–Kier alpha value is -6.63. The molecule has 0 bridgehead atoms. The Balaban J connectivity index is 0.932. The van der Waals surface area contributed by atoms with Gasteiger partial charge in [-0.1, -0.05) is 36.4 Å². The van der Waals surface area contributed by atoms with Crippen LogP contribution in [0.4, 0.5) is 14.5 Å². The molecule has 3 fully saturated rings. The maximum absolute atomic E-state index is 13.8. The molecule has 65 heavy (non-hydrogen) atoms. The summed E-state index contributed by atoms with van der Waals surface area (Å²) in [6.45, 7) is 3.30. The molecule has 3 saturated heterocycles. The number of amides is 5. The predicted octanol–water partition coefficient (Wildman–Crippen LogP) is 0.945. The molecule has 5 amide bonds. The lowest BCUT2D eigenvalue weighted by atomic mass is 10.1. The molecule has 4 heterocycles. The highest BCUT2D eigenvalue weighted by molar-refractivity contribution is 6.10. The van der Waals surface area contributed by atoms with E-state index in [1.54, 1.807) is 34.1 Å². The van der Waals surface area contributed by atoms with E-state index in [-0.39, 0.29) is 60.9 Å². The lowest BCUT2D eigenvalue weighted by Gasteiger charge is -2.35. The van der Waals surface area contributed by atoms with Crippen molar-refractivity contribution in [3.05, 3.63) is 71.4 Å². The van der Waals surface area contributed by atoms with Gasteiger partial charge in [0, 0.05) is 103 Å². The van der Waals surface area contributed by atoms with Crippen molar-refractivity contribution in [1.29, 1.82) is 5.26 Å². The average Bonchev–Trinajstić information content (AvgIpc) is 3.64. The molecule has 2 aromatic carbocycles. The Kier molecular flexibility index (Phi) is 16.1. The van der Waals surface area contributed by atoms with Crippen LogP contribution in [0.15, 0.2) is 54.7 Å². The van der Waals surface area contributed by atoms with E-state index in [2.05, 4.69) is 20.5 Å². The molecule has 3 aliphatic rings. The zero-order chi connectivity index (χ0) is 46.7. The minimum Gasteiger partial charge on any atom is -0.480 e. The summed E-state index contributed by atoms with van der Waals surface area (Å²) in [7, 11) is 0. The van der Waals surface area contributed by atoms with E-state index in [1.807, 2.05) is 34.1 Å². The Morgan fingerprint density at radius 3 is 1.92 bits per heavy atom. The fourth-order valence-electron chi connectivity index (χ4n) is 8.17. The van der Waals surface area contributed by atoms with Crippen molar-refractivity contribution < 1.29 is 52.6 Å². The maximum Gasteiger partial charge on any atom is 0.317 e. The number of piperazine rings is 1. The highest BCUT2D eigenvalue weighted by atomic mass is 19.3. The number of aliphatic carboxylic acids is 2. The van der Waals surface area contributed by atoms with Gasteiger partial charge in [0.25, 0.3) is 11.8 Å². The van der Waals surface area contributed by atoms with Crippen LogP contribution in [0.2, 0.25) is 0 Å². The lowest BCUT2D eigenvalue weighted by molar-refractivity contribution is -0.140. The largest absolute Gasteiger partial charge is 0.480 e. The van der Waals surface area contributed by atoms with Crippen molar-refractivity contribution in [2.24, 2.45) is 0 Å². The van der Waals surface area contributed by atoms with Gasteiger partial charge >= 0.3 is 11.9 Å². The molecule has 3 aliphatic heterocycles. The van der Waals surface area contributed by atoms with Gasteiger partial charge in [0.05, 0.1) is 55.4 Å². The van der Waals surface area contributed by atoms with Crippen LogP contribution in [0, 0.1) is 11.3 Å². The van der Waals surface area contributed by atoms with Crippen LogP contribution in [0.1, 0.15) is 40.7 Å². The molecular weight excluding hydrogens is 851 g/mol. The number of nitrogens with zero attached hydrogens (tertiary/aromatic N) is 8. The van der Waals surface area contributed by atoms with Crippen LogP contribution >= 0.6 is 0 Å². The highest BCUT2D eigenvalue weighted by Crippen LogP contribution is 2.32. The van der Waals surface area contributed by atoms with Crippen molar-refractivity contribution in [3.8, 4) is 6.07 Å². The van der Waals surface area contributed by atoms with Crippen molar-refractivity contribution >= 4 is 58.1 Å². The molecule has 0 saturated carbocycles. The fraction of sp³-hybridized carbons (Fsp3) is 0.477. The number of benzene rings is 2. The molecule has 346 valence electrons. The summed E-state index contributed by atoms with van der Waals surface area (Å²) in [6.07, 6.45) is 0.517. The van der Waals surface area contributed by atoms with Crippen LogP contribution in [0.5, 0.6) is 0 Å². The van der Waals surface area contributed by atoms with Gasteiger partial charge in [0.15, 0.2) is 0 Å². The van der Waals surface area contributed by atoms with Gasteiger partial charge in [-0.25, -0.2) is 8.78 Å². The van der Waals surface area contributed by atoms with E-state index >= 15 is 0 Å². The van der Waals surface area contributed by atoms with Crippen molar-refractivity contribution in [2.75, 3.05) is 96.9 Å².